The summed E-state index contributed by atoms with van der Waals surface area (Å²) < 4.78 is 5.67. The molecular weight excluding hydrogens is 285 g/mol. The van der Waals surface area contributed by atoms with Crippen molar-refractivity contribution in [3.8, 4) is 5.75 Å². The van der Waals surface area contributed by atoms with Crippen molar-refractivity contribution in [3.05, 3.63) is 28.2 Å². The van der Waals surface area contributed by atoms with Gasteiger partial charge >= 0.3 is 0 Å². The second kappa shape index (κ2) is 7.34. The average Bonchev–Trinajstić information content (AvgIpc) is 2.42. The molecule has 0 radical (unpaired) electrons. The predicted molar refractivity (Wildman–Crippen MR) is 78.2 cm³/mol. The lowest BCUT2D eigenvalue weighted by Crippen LogP contribution is -2.39. The lowest BCUT2D eigenvalue weighted by molar-refractivity contribution is 0.107. The summed E-state index contributed by atoms with van der Waals surface area (Å²) in [6, 6.07) is 5.34. The van der Waals surface area contributed by atoms with Crippen LogP contribution >= 0.6 is 23.2 Å². The van der Waals surface area contributed by atoms with Gasteiger partial charge in [-0.05, 0) is 37.4 Å². The van der Waals surface area contributed by atoms with Crippen LogP contribution < -0.4 is 4.74 Å². The van der Waals surface area contributed by atoms with E-state index >= 15 is 0 Å². The number of ether oxygens (including phenoxy) is 1. The smallest absolute Gasteiger partial charge is 0.156 e. The molecule has 2 rings (SSSR count). The molecule has 0 bridgehead atoms. The van der Waals surface area contributed by atoms with Crippen LogP contribution in [0.4, 0.5) is 0 Å². The van der Waals surface area contributed by atoms with Gasteiger partial charge in [0.25, 0.3) is 0 Å². The van der Waals surface area contributed by atoms with Crippen molar-refractivity contribution in [1.82, 2.24) is 4.90 Å². The molecule has 106 valence electrons. The number of nitrogens with zero attached hydrogens (tertiary/aromatic N) is 1. The fraction of sp³-hybridized carbons (Fsp3) is 0.571. The van der Waals surface area contributed by atoms with Gasteiger partial charge in [-0.15, -0.1) is 0 Å². The number of benzene rings is 1. The number of aliphatic hydroxyl groups is 1. The molecule has 1 aromatic carbocycles. The number of hydrogen-bond acceptors (Lipinski definition) is 3. The number of aliphatic hydroxyl groups excluding tert-OH is 1. The molecule has 1 N–H and O–H groups in total. The number of hydrogen-bond donors (Lipinski definition) is 1. The van der Waals surface area contributed by atoms with E-state index in [1.54, 1.807) is 18.2 Å². The molecule has 1 aliphatic rings. The van der Waals surface area contributed by atoms with Gasteiger partial charge in [0.1, 0.15) is 6.61 Å². The first-order valence-electron chi connectivity index (χ1n) is 6.60. The third-order valence-electron chi connectivity index (χ3n) is 3.43. The summed E-state index contributed by atoms with van der Waals surface area (Å²) in [5, 5.41) is 10.3. The predicted octanol–water partition coefficient (Wildman–Crippen LogP) is 3.08. The van der Waals surface area contributed by atoms with E-state index in [2.05, 4.69) is 4.90 Å². The summed E-state index contributed by atoms with van der Waals surface area (Å²) in [6.07, 6.45) is 2.25. The molecule has 0 amide bonds. The molecule has 3 nitrogen and oxygen atoms in total. The Hall–Kier alpha value is -0.480. The Bertz CT molecular complexity index is 394. The van der Waals surface area contributed by atoms with Crippen molar-refractivity contribution < 1.29 is 9.84 Å². The van der Waals surface area contributed by atoms with E-state index in [9.17, 15) is 5.11 Å². The van der Waals surface area contributed by atoms with Crippen LogP contribution in [0.1, 0.15) is 12.8 Å². The normalized spacial score (nSPS) is 20.5. The van der Waals surface area contributed by atoms with E-state index in [0.717, 1.165) is 32.5 Å². The van der Waals surface area contributed by atoms with Crippen molar-refractivity contribution in [2.45, 2.75) is 12.8 Å². The standard InChI is InChI=1S/C14H19Cl2NO2/c15-12-4-1-5-13(16)14(12)19-8-7-17-6-2-3-11(9-17)10-18/h1,4-5,11,18H,2-3,6-10H2. The molecule has 1 aromatic rings. The molecule has 1 heterocycles. The number of piperidine rings is 1. The minimum absolute atomic E-state index is 0.272. The van der Waals surface area contributed by atoms with E-state index in [1.807, 2.05) is 0 Å². The van der Waals surface area contributed by atoms with Crippen molar-refractivity contribution in [2.24, 2.45) is 5.92 Å². The van der Waals surface area contributed by atoms with Crippen LogP contribution in [0.25, 0.3) is 0 Å². The second-order valence-electron chi connectivity index (χ2n) is 4.89. The van der Waals surface area contributed by atoms with Crippen molar-refractivity contribution in [3.63, 3.8) is 0 Å². The Morgan fingerprint density at radius 3 is 2.74 bits per heavy atom. The fourth-order valence-corrected chi connectivity index (χ4v) is 2.91. The van der Waals surface area contributed by atoms with Gasteiger partial charge in [-0.2, -0.15) is 0 Å². The summed E-state index contributed by atoms with van der Waals surface area (Å²) in [6.45, 7) is 3.67. The van der Waals surface area contributed by atoms with Crippen LogP contribution in [0.3, 0.4) is 0 Å². The largest absolute Gasteiger partial charge is 0.489 e. The third-order valence-corrected chi connectivity index (χ3v) is 4.03. The van der Waals surface area contributed by atoms with Crippen LogP contribution in [-0.2, 0) is 0 Å². The SMILES string of the molecule is OCC1CCCN(CCOc2c(Cl)cccc2Cl)C1. The quantitative estimate of drug-likeness (QED) is 0.907. The van der Waals surface area contributed by atoms with Gasteiger partial charge in [0.05, 0.1) is 10.0 Å². The minimum atomic E-state index is 0.272. The molecule has 1 saturated heterocycles. The Morgan fingerprint density at radius 1 is 1.32 bits per heavy atom. The highest BCUT2D eigenvalue weighted by molar-refractivity contribution is 6.37. The maximum absolute atomic E-state index is 9.19. The maximum Gasteiger partial charge on any atom is 0.156 e. The monoisotopic (exact) mass is 303 g/mol. The Balaban J connectivity index is 1.80. The number of para-hydroxylation sites is 1. The molecule has 0 spiro atoms. The van der Waals surface area contributed by atoms with Crippen LogP contribution in [0.15, 0.2) is 18.2 Å². The Labute approximate surface area is 124 Å². The summed E-state index contributed by atoms with van der Waals surface area (Å²) in [5.74, 6) is 0.958. The Morgan fingerprint density at radius 2 is 2.05 bits per heavy atom. The molecule has 1 aliphatic heterocycles. The first kappa shape index (κ1) is 14.9. The van der Waals surface area contributed by atoms with Gasteiger partial charge < -0.3 is 9.84 Å². The molecule has 1 fully saturated rings. The molecular formula is C14H19Cl2NO2. The summed E-state index contributed by atoms with van der Waals surface area (Å²) >= 11 is 12.1. The van der Waals surface area contributed by atoms with Gasteiger partial charge in [0, 0.05) is 19.7 Å². The van der Waals surface area contributed by atoms with E-state index < -0.39 is 0 Å². The molecule has 0 aliphatic carbocycles. The molecule has 19 heavy (non-hydrogen) atoms. The first-order valence-corrected chi connectivity index (χ1v) is 7.36. The van der Waals surface area contributed by atoms with Gasteiger partial charge in [-0.25, -0.2) is 0 Å². The Kier molecular flexibility index (Phi) is 5.76. The van der Waals surface area contributed by atoms with E-state index in [-0.39, 0.29) is 6.61 Å². The zero-order valence-corrected chi connectivity index (χ0v) is 12.3. The highest BCUT2D eigenvalue weighted by atomic mass is 35.5. The summed E-state index contributed by atoms with van der Waals surface area (Å²) in [5.41, 5.74) is 0. The second-order valence-corrected chi connectivity index (χ2v) is 5.71. The third kappa shape index (κ3) is 4.25. The van der Waals surface area contributed by atoms with E-state index in [0.29, 0.717) is 28.3 Å². The molecule has 5 heteroatoms. The minimum Gasteiger partial charge on any atom is -0.489 e. The highest BCUT2D eigenvalue weighted by Gasteiger charge is 2.19. The molecule has 0 saturated carbocycles. The van der Waals surface area contributed by atoms with Crippen LogP contribution in [0.5, 0.6) is 5.75 Å². The van der Waals surface area contributed by atoms with Gasteiger partial charge in [-0.3, -0.25) is 4.90 Å². The summed E-state index contributed by atoms with van der Waals surface area (Å²) in [7, 11) is 0. The molecule has 1 unspecified atom stereocenters. The van der Waals surface area contributed by atoms with Gasteiger partial charge in [-0.1, -0.05) is 29.3 Å². The van der Waals surface area contributed by atoms with Crippen molar-refractivity contribution in [2.75, 3.05) is 32.8 Å². The van der Waals surface area contributed by atoms with Crippen LogP contribution in [0, 0.1) is 5.92 Å². The summed E-state index contributed by atoms with van der Waals surface area (Å²) in [4.78, 5) is 2.31. The fourth-order valence-electron chi connectivity index (χ4n) is 2.40. The first-order chi connectivity index (χ1) is 9.20. The van der Waals surface area contributed by atoms with E-state index in [4.69, 9.17) is 27.9 Å². The van der Waals surface area contributed by atoms with E-state index in [1.165, 1.54) is 0 Å². The van der Waals surface area contributed by atoms with Crippen LogP contribution in [0.2, 0.25) is 10.0 Å². The number of likely N-dealkylation sites (tertiary alicyclic amines) is 1. The van der Waals surface area contributed by atoms with Gasteiger partial charge in [0.15, 0.2) is 5.75 Å². The zero-order chi connectivity index (χ0) is 13.7. The molecule has 0 aromatic heterocycles. The number of halogens is 2. The maximum atomic E-state index is 9.19. The topological polar surface area (TPSA) is 32.7 Å². The highest BCUT2D eigenvalue weighted by Crippen LogP contribution is 2.32. The lowest BCUT2D eigenvalue weighted by Gasteiger charge is -2.31. The van der Waals surface area contributed by atoms with Crippen molar-refractivity contribution in [1.29, 1.82) is 0 Å². The van der Waals surface area contributed by atoms with Crippen molar-refractivity contribution >= 4 is 23.2 Å². The zero-order valence-electron chi connectivity index (χ0n) is 10.8. The lowest BCUT2D eigenvalue weighted by atomic mass is 9.99. The average molecular weight is 304 g/mol. The molecule has 1 atom stereocenters. The van der Waals surface area contributed by atoms with Gasteiger partial charge in [0.2, 0.25) is 0 Å². The number of rotatable bonds is 5. The van der Waals surface area contributed by atoms with Crippen LogP contribution in [-0.4, -0.2) is 42.9 Å².